The fourth-order valence-corrected chi connectivity index (χ4v) is 1.44. The van der Waals surface area contributed by atoms with Gasteiger partial charge in [0.15, 0.2) is 0 Å². The van der Waals surface area contributed by atoms with Crippen LogP contribution < -0.4 is 11.3 Å². The number of nitrogens with zero attached hydrogens (tertiary/aromatic N) is 2. The number of nitrogens with one attached hydrogen (secondary N) is 1. The predicted molar refractivity (Wildman–Crippen MR) is 53.9 cm³/mol. The van der Waals surface area contributed by atoms with Gasteiger partial charge in [0.2, 0.25) is 0 Å². The van der Waals surface area contributed by atoms with Gasteiger partial charge in [0.05, 0.1) is 6.20 Å². The Morgan fingerprint density at radius 1 is 1.75 bits per heavy atom. The molecule has 0 amide bonds. The number of hydrogen-bond donors (Lipinski definition) is 2. The van der Waals surface area contributed by atoms with Gasteiger partial charge in [-0.1, -0.05) is 0 Å². The second-order valence-electron chi connectivity index (χ2n) is 2.16. The minimum Gasteiger partial charge on any atom is -0.271 e. The molecular formula is C6H12BrClN4. The van der Waals surface area contributed by atoms with Gasteiger partial charge in [-0.05, 0) is 22.9 Å². The van der Waals surface area contributed by atoms with Gasteiger partial charge in [0.1, 0.15) is 4.60 Å². The third-order valence-corrected chi connectivity index (χ3v) is 2.36. The Hall–Kier alpha value is -0.100. The van der Waals surface area contributed by atoms with E-state index in [2.05, 4.69) is 26.5 Å². The van der Waals surface area contributed by atoms with Gasteiger partial charge < -0.3 is 0 Å². The summed E-state index contributed by atoms with van der Waals surface area (Å²) in [5, 5.41) is 4.13. The van der Waals surface area contributed by atoms with Gasteiger partial charge in [0.25, 0.3) is 0 Å². The van der Waals surface area contributed by atoms with Crippen molar-refractivity contribution in [1.82, 2.24) is 15.2 Å². The van der Waals surface area contributed by atoms with Crippen molar-refractivity contribution in [2.75, 3.05) is 0 Å². The molecule has 3 N–H and O–H groups in total. The first-order valence-corrected chi connectivity index (χ1v) is 4.22. The maximum absolute atomic E-state index is 5.17. The van der Waals surface area contributed by atoms with Crippen LogP contribution >= 0.6 is 28.3 Å². The van der Waals surface area contributed by atoms with Crippen molar-refractivity contribution in [3.63, 3.8) is 0 Å². The van der Waals surface area contributed by atoms with Gasteiger partial charge in [-0.15, -0.1) is 12.4 Å². The summed E-state index contributed by atoms with van der Waals surface area (Å²) in [5.41, 5.74) is 3.66. The molecule has 1 aromatic rings. The molecule has 70 valence electrons. The molecule has 0 saturated heterocycles. The highest BCUT2D eigenvalue weighted by Crippen LogP contribution is 2.15. The van der Waals surface area contributed by atoms with E-state index in [4.69, 9.17) is 5.84 Å². The average molecular weight is 256 g/mol. The monoisotopic (exact) mass is 254 g/mol. The highest BCUT2D eigenvalue weighted by Gasteiger charge is 2.04. The zero-order chi connectivity index (χ0) is 8.27. The standard InChI is InChI=1S/C6H11BrN4.ClH/c1-2-11-6(7)5(3-9-8)4-10-11;/h4,9H,2-3,8H2,1H3;1H. The molecule has 0 atom stereocenters. The van der Waals surface area contributed by atoms with Crippen molar-refractivity contribution < 1.29 is 0 Å². The van der Waals surface area contributed by atoms with Crippen LogP contribution in [0, 0.1) is 0 Å². The molecule has 0 spiro atoms. The number of nitrogens with two attached hydrogens (primary N) is 1. The smallest absolute Gasteiger partial charge is 0.108 e. The normalized spacial score (nSPS) is 9.58. The molecule has 0 aliphatic rings. The molecule has 0 aliphatic heterocycles. The summed E-state index contributed by atoms with van der Waals surface area (Å²) in [6, 6.07) is 0. The van der Waals surface area contributed by atoms with Crippen LogP contribution in [0.2, 0.25) is 0 Å². The number of aromatic nitrogens is 2. The molecule has 1 heterocycles. The number of halogens is 2. The third kappa shape index (κ3) is 2.45. The topological polar surface area (TPSA) is 55.9 Å². The van der Waals surface area contributed by atoms with Gasteiger partial charge in [-0.3, -0.25) is 16.0 Å². The third-order valence-electron chi connectivity index (χ3n) is 1.44. The van der Waals surface area contributed by atoms with E-state index >= 15 is 0 Å². The van der Waals surface area contributed by atoms with E-state index in [9.17, 15) is 0 Å². The fraction of sp³-hybridized carbons (Fsp3) is 0.500. The summed E-state index contributed by atoms with van der Waals surface area (Å²) in [6.45, 7) is 3.54. The molecule has 4 nitrogen and oxygen atoms in total. The highest BCUT2D eigenvalue weighted by molar-refractivity contribution is 9.10. The summed E-state index contributed by atoms with van der Waals surface area (Å²) in [6.07, 6.45) is 1.80. The van der Waals surface area contributed by atoms with E-state index in [1.54, 1.807) is 6.20 Å². The van der Waals surface area contributed by atoms with E-state index in [0.29, 0.717) is 6.54 Å². The van der Waals surface area contributed by atoms with Crippen molar-refractivity contribution in [2.45, 2.75) is 20.0 Å². The summed E-state index contributed by atoms with van der Waals surface area (Å²) >= 11 is 3.42. The maximum atomic E-state index is 5.17. The molecule has 0 aromatic carbocycles. The van der Waals surface area contributed by atoms with Crippen LogP contribution in [0.1, 0.15) is 12.5 Å². The van der Waals surface area contributed by atoms with Crippen LogP contribution in [0.4, 0.5) is 0 Å². The lowest BCUT2D eigenvalue weighted by Gasteiger charge is -1.98. The predicted octanol–water partition coefficient (Wildman–Crippen LogP) is 1.05. The molecule has 12 heavy (non-hydrogen) atoms. The second kappa shape index (κ2) is 5.53. The van der Waals surface area contributed by atoms with E-state index in [-0.39, 0.29) is 12.4 Å². The number of hydrazine groups is 1. The SMILES string of the molecule is CCn1ncc(CNN)c1Br.Cl. The Balaban J connectivity index is 0.00000121. The number of hydrogen-bond acceptors (Lipinski definition) is 3. The van der Waals surface area contributed by atoms with Crippen molar-refractivity contribution in [3.05, 3.63) is 16.4 Å². The zero-order valence-electron chi connectivity index (χ0n) is 6.75. The van der Waals surface area contributed by atoms with E-state index in [0.717, 1.165) is 16.7 Å². The molecule has 0 fully saturated rings. The minimum absolute atomic E-state index is 0. The van der Waals surface area contributed by atoms with Gasteiger partial charge >= 0.3 is 0 Å². The molecule has 0 aliphatic carbocycles. The lowest BCUT2D eigenvalue weighted by Crippen LogP contribution is -2.20. The first kappa shape index (κ1) is 11.9. The molecule has 0 radical (unpaired) electrons. The Kier molecular flexibility index (Phi) is 5.48. The number of rotatable bonds is 3. The van der Waals surface area contributed by atoms with E-state index < -0.39 is 0 Å². The van der Waals surface area contributed by atoms with Crippen LogP contribution in [-0.2, 0) is 13.1 Å². The molecule has 1 aromatic heterocycles. The summed E-state index contributed by atoms with van der Waals surface area (Å²) < 4.78 is 2.87. The first-order chi connectivity index (χ1) is 5.29. The van der Waals surface area contributed by atoms with Crippen LogP contribution in [0.25, 0.3) is 0 Å². The zero-order valence-corrected chi connectivity index (χ0v) is 9.15. The molecule has 0 bridgehead atoms. The highest BCUT2D eigenvalue weighted by atomic mass is 79.9. The minimum atomic E-state index is 0. The molecule has 6 heteroatoms. The Morgan fingerprint density at radius 3 is 2.83 bits per heavy atom. The van der Waals surface area contributed by atoms with Crippen LogP contribution in [-0.4, -0.2) is 9.78 Å². The average Bonchev–Trinajstić information content (AvgIpc) is 2.34. The molecular weight excluding hydrogens is 243 g/mol. The molecule has 1 rings (SSSR count). The summed E-state index contributed by atoms with van der Waals surface area (Å²) in [7, 11) is 0. The molecule has 0 saturated carbocycles. The maximum Gasteiger partial charge on any atom is 0.108 e. The van der Waals surface area contributed by atoms with Gasteiger partial charge in [-0.2, -0.15) is 5.10 Å². The van der Waals surface area contributed by atoms with Crippen molar-refractivity contribution in [2.24, 2.45) is 5.84 Å². The van der Waals surface area contributed by atoms with Crippen molar-refractivity contribution in [3.8, 4) is 0 Å². The lowest BCUT2D eigenvalue weighted by atomic mass is 10.4. The summed E-state index contributed by atoms with van der Waals surface area (Å²) in [4.78, 5) is 0. The van der Waals surface area contributed by atoms with Crippen molar-refractivity contribution in [1.29, 1.82) is 0 Å². The van der Waals surface area contributed by atoms with Crippen LogP contribution in [0.3, 0.4) is 0 Å². The Labute approximate surface area is 86.0 Å². The Bertz CT molecular complexity index is 237. The van der Waals surface area contributed by atoms with E-state index in [1.165, 1.54) is 0 Å². The van der Waals surface area contributed by atoms with Crippen LogP contribution in [0.5, 0.6) is 0 Å². The largest absolute Gasteiger partial charge is 0.271 e. The van der Waals surface area contributed by atoms with Crippen molar-refractivity contribution >= 4 is 28.3 Å². The second-order valence-corrected chi connectivity index (χ2v) is 2.91. The summed E-state index contributed by atoms with van der Waals surface area (Å²) in [5.74, 6) is 5.17. The lowest BCUT2D eigenvalue weighted by molar-refractivity contribution is 0.642. The Morgan fingerprint density at radius 2 is 2.42 bits per heavy atom. The van der Waals surface area contributed by atoms with E-state index in [1.807, 2.05) is 11.6 Å². The van der Waals surface area contributed by atoms with Crippen LogP contribution in [0.15, 0.2) is 10.8 Å². The quantitative estimate of drug-likeness (QED) is 0.627. The first-order valence-electron chi connectivity index (χ1n) is 3.43. The fourth-order valence-electron chi connectivity index (χ4n) is 0.858. The number of aryl methyl sites for hydroxylation is 1. The van der Waals surface area contributed by atoms with Gasteiger partial charge in [0, 0.05) is 18.7 Å². The van der Waals surface area contributed by atoms with Gasteiger partial charge in [-0.25, -0.2) is 0 Å². The molecule has 0 unspecified atom stereocenters.